The van der Waals surface area contributed by atoms with Crippen LogP contribution in [0.25, 0.3) is 88.3 Å². The lowest BCUT2D eigenvalue weighted by atomic mass is 9.92. The van der Waals surface area contributed by atoms with E-state index in [1.165, 1.54) is 82.7 Å². The van der Waals surface area contributed by atoms with Crippen LogP contribution in [0.5, 0.6) is 0 Å². The molecule has 0 amide bonds. The lowest BCUT2D eigenvalue weighted by molar-refractivity contribution is 1.28. The lowest BCUT2D eigenvalue weighted by Gasteiger charge is -2.29. The number of anilines is 3. The average molecular weight is 802 g/mol. The molecule has 296 valence electrons. The normalized spacial score (nSPS) is 11.2. The van der Waals surface area contributed by atoms with Gasteiger partial charge in [-0.1, -0.05) is 231 Å². The van der Waals surface area contributed by atoms with Crippen LogP contribution in [-0.2, 0) is 0 Å². The van der Waals surface area contributed by atoms with Gasteiger partial charge in [-0.05, 0) is 113 Å². The molecule has 0 aliphatic rings. The fourth-order valence-corrected chi connectivity index (χ4v) is 9.05. The third-order valence-electron chi connectivity index (χ3n) is 12.3. The minimum atomic E-state index is 1.08. The molecule has 0 aromatic heterocycles. The van der Waals surface area contributed by atoms with Crippen LogP contribution >= 0.6 is 0 Å². The molecule has 0 atom stereocenters. The molecule has 1 nitrogen and oxygen atoms in total. The summed E-state index contributed by atoms with van der Waals surface area (Å²) in [6.07, 6.45) is 0. The van der Waals surface area contributed by atoms with Crippen molar-refractivity contribution >= 4 is 38.6 Å². The van der Waals surface area contributed by atoms with Crippen molar-refractivity contribution in [2.24, 2.45) is 0 Å². The summed E-state index contributed by atoms with van der Waals surface area (Å²) in [7, 11) is 0. The molecule has 11 aromatic rings. The van der Waals surface area contributed by atoms with E-state index in [-0.39, 0.29) is 0 Å². The van der Waals surface area contributed by atoms with Gasteiger partial charge in [-0.15, -0.1) is 0 Å². The lowest BCUT2D eigenvalue weighted by Crippen LogP contribution is -2.11. The first kappa shape index (κ1) is 37.7. The number of hydrogen-bond acceptors (Lipinski definition) is 1. The summed E-state index contributed by atoms with van der Waals surface area (Å²) < 4.78 is 0. The van der Waals surface area contributed by atoms with Crippen molar-refractivity contribution in [2.45, 2.75) is 0 Å². The first-order chi connectivity index (χ1) is 31.2. The van der Waals surface area contributed by atoms with Crippen LogP contribution in [0.4, 0.5) is 17.1 Å². The van der Waals surface area contributed by atoms with Gasteiger partial charge < -0.3 is 4.90 Å². The van der Waals surface area contributed by atoms with Gasteiger partial charge in [0.1, 0.15) is 0 Å². The molecular weight excluding hydrogens is 759 g/mol. The van der Waals surface area contributed by atoms with Gasteiger partial charge in [-0.3, -0.25) is 0 Å². The van der Waals surface area contributed by atoms with Gasteiger partial charge >= 0.3 is 0 Å². The van der Waals surface area contributed by atoms with Crippen LogP contribution in [0.1, 0.15) is 0 Å². The molecular formula is C62H43N. The molecule has 11 aromatic carbocycles. The zero-order chi connectivity index (χ0) is 42.0. The fourth-order valence-electron chi connectivity index (χ4n) is 9.05. The van der Waals surface area contributed by atoms with Gasteiger partial charge in [0.2, 0.25) is 0 Å². The highest BCUT2D eigenvalue weighted by Gasteiger charge is 2.21. The van der Waals surface area contributed by atoms with Crippen molar-refractivity contribution in [2.75, 3.05) is 4.90 Å². The van der Waals surface area contributed by atoms with Crippen molar-refractivity contribution in [1.29, 1.82) is 0 Å². The Labute approximate surface area is 369 Å². The molecule has 0 radical (unpaired) electrons. The van der Waals surface area contributed by atoms with Gasteiger partial charge in [-0.2, -0.15) is 0 Å². The number of hydrogen-bond donors (Lipinski definition) is 0. The maximum atomic E-state index is 2.44. The highest BCUT2D eigenvalue weighted by Crippen LogP contribution is 2.46. The zero-order valence-electron chi connectivity index (χ0n) is 34.8. The minimum absolute atomic E-state index is 1.08. The largest absolute Gasteiger partial charge is 0.310 e. The predicted octanol–water partition coefficient (Wildman–Crippen LogP) is 17.5. The number of nitrogens with zero attached hydrogens (tertiary/aromatic N) is 1. The van der Waals surface area contributed by atoms with Crippen molar-refractivity contribution in [3.8, 4) is 66.8 Å². The van der Waals surface area contributed by atoms with E-state index < -0.39 is 0 Å². The molecule has 0 heterocycles. The molecule has 0 saturated heterocycles. The Kier molecular flexibility index (Phi) is 9.97. The summed E-state index contributed by atoms with van der Waals surface area (Å²) in [5.41, 5.74) is 17.6. The first-order valence-corrected chi connectivity index (χ1v) is 21.7. The molecule has 1 heteroatoms. The summed E-state index contributed by atoms with van der Waals surface area (Å²) in [6.45, 7) is 0. The molecule has 0 N–H and O–H groups in total. The van der Waals surface area contributed by atoms with Crippen LogP contribution in [0.2, 0.25) is 0 Å². The summed E-state index contributed by atoms with van der Waals surface area (Å²) in [4.78, 5) is 2.44. The molecule has 0 bridgehead atoms. The van der Waals surface area contributed by atoms with E-state index in [1.807, 2.05) is 0 Å². The number of benzene rings is 11. The van der Waals surface area contributed by atoms with Crippen LogP contribution in [0, 0.1) is 0 Å². The molecule has 0 saturated carbocycles. The van der Waals surface area contributed by atoms with Crippen LogP contribution < -0.4 is 4.90 Å². The minimum Gasteiger partial charge on any atom is -0.310 e. The van der Waals surface area contributed by atoms with Crippen molar-refractivity contribution in [3.63, 3.8) is 0 Å². The topological polar surface area (TPSA) is 3.24 Å². The average Bonchev–Trinajstić information content (AvgIpc) is 3.37. The Bertz CT molecular complexity index is 3200. The Hall–Kier alpha value is -8.26. The Morgan fingerprint density at radius 2 is 0.540 bits per heavy atom. The molecule has 63 heavy (non-hydrogen) atoms. The van der Waals surface area contributed by atoms with Crippen molar-refractivity contribution in [1.82, 2.24) is 0 Å². The smallest absolute Gasteiger partial charge is 0.0546 e. The summed E-state index contributed by atoms with van der Waals surface area (Å²) >= 11 is 0. The van der Waals surface area contributed by atoms with Crippen molar-refractivity contribution in [3.05, 3.63) is 261 Å². The first-order valence-electron chi connectivity index (χ1n) is 21.7. The van der Waals surface area contributed by atoms with Gasteiger partial charge in [0.25, 0.3) is 0 Å². The highest BCUT2D eigenvalue weighted by molar-refractivity contribution is 6.04. The van der Waals surface area contributed by atoms with E-state index in [9.17, 15) is 0 Å². The maximum Gasteiger partial charge on any atom is 0.0546 e. The predicted molar refractivity (Wildman–Crippen MR) is 269 cm³/mol. The summed E-state index contributed by atoms with van der Waals surface area (Å²) in [6, 6.07) is 94.7. The third-order valence-corrected chi connectivity index (χ3v) is 12.3. The molecule has 11 rings (SSSR count). The molecule has 0 fully saturated rings. The molecule has 0 aliphatic carbocycles. The standard InChI is InChI=1S/C62H43N/c1-3-13-44(14-4-1)46-25-29-48(30-26-46)50-33-38-55(39-34-50)63(56-40-35-51(36-41-56)49-31-27-47(28-32-49)45-15-5-2-6-16-45)62-43-54(59-23-11-19-52-17-7-9-21-57(52)59)37-42-61(62)60-24-12-20-53-18-8-10-22-58(53)60/h1-43H. The summed E-state index contributed by atoms with van der Waals surface area (Å²) in [5.74, 6) is 0. The molecule has 0 spiro atoms. The second kappa shape index (κ2) is 16.7. The van der Waals surface area contributed by atoms with Crippen molar-refractivity contribution < 1.29 is 0 Å². The van der Waals surface area contributed by atoms with E-state index in [2.05, 4.69) is 266 Å². The molecule has 0 aliphatic heterocycles. The van der Waals surface area contributed by atoms with Crippen LogP contribution in [-0.4, -0.2) is 0 Å². The van der Waals surface area contributed by atoms with Gasteiger partial charge in [0.05, 0.1) is 5.69 Å². The van der Waals surface area contributed by atoms with E-state index in [0.29, 0.717) is 0 Å². The van der Waals surface area contributed by atoms with Gasteiger partial charge in [0, 0.05) is 16.9 Å². The fraction of sp³-hybridized carbons (Fsp3) is 0. The second-order valence-electron chi connectivity index (χ2n) is 16.1. The van der Waals surface area contributed by atoms with Crippen LogP contribution in [0.15, 0.2) is 261 Å². The monoisotopic (exact) mass is 801 g/mol. The van der Waals surface area contributed by atoms with E-state index in [4.69, 9.17) is 0 Å². The SMILES string of the molecule is c1ccc(-c2ccc(-c3ccc(N(c4ccc(-c5ccc(-c6ccccc6)cc5)cc4)c4cc(-c5cccc6ccccc56)ccc4-c4cccc5ccccc45)cc3)cc2)cc1. The molecule has 0 unspecified atom stereocenters. The third kappa shape index (κ3) is 7.47. The van der Waals surface area contributed by atoms with Gasteiger partial charge in [-0.25, -0.2) is 0 Å². The maximum absolute atomic E-state index is 2.44. The number of fused-ring (bicyclic) bond motifs is 2. The van der Waals surface area contributed by atoms with Crippen LogP contribution in [0.3, 0.4) is 0 Å². The van der Waals surface area contributed by atoms with Gasteiger partial charge in [0.15, 0.2) is 0 Å². The Morgan fingerprint density at radius 3 is 1.00 bits per heavy atom. The van der Waals surface area contributed by atoms with E-state index in [0.717, 1.165) is 22.6 Å². The summed E-state index contributed by atoms with van der Waals surface area (Å²) in [5, 5.41) is 4.91. The number of rotatable bonds is 9. The highest BCUT2D eigenvalue weighted by atomic mass is 15.1. The second-order valence-corrected chi connectivity index (χ2v) is 16.1. The van der Waals surface area contributed by atoms with E-state index >= 15 is 0 Å². The Morgan fingerprint density at radius 1 is 0.206 bits per heavy atom. The zero-order valence-corrected chi connectivity index (χ0v) is 34.8. The Balaban J connectivity index is 1.06. The van der Waals surface area contributed by atoms with E-state index in [1.54, 1.807) is 0 Å². The quantitative estimate of drug-likeness (QED) is 0.141.